The van der Waals surface area contributed by atoms with Gasteiger partial charge in [-0.25, -0.2) is 0 Å². The Labute approximate surface area is 100 Å². The molecule has 0 radical (unpaired) electrons. The summed E-state index contributed by atoms with van der Waals surface area (Å²) in [5, 5.41) is 0.257. The van der Waals surface area contributed by atoms with Crippen LogP contribution in [0.1, 0.15) is 19.8 Å². The van der Waals surface area contributed by atoms with Gasteiger partial charge in [0.25, 0.3) is 0 Å². The van der Waals surface area contributed by atoms with Crippen molar-refractivity contribution in [2.24, 2.45) is 0 Å². The van der Waals surface area contributed by atoms with E-state index in [4.69, 9.17) is 11.6 Å². The summed E-state index contributed by atoms with van der Waals surface area (Å²) in [7, 11) is 3.78. The van der Waals surface area contributed by atoms with Crippen LogP contribution >= 0.6 is 11.6 Å². The minimum atomic E-state index is 0.257. The minimum absolute atomic E-state index is 0.257. The molecule has 1 aromatic rings. The number of nitrogens with zero attached hydrogens (tertiary/aromatic N) is 5. The lowest BCUT2D eigenvalue weighted by Gasteiger charge is -2.21. The first kappa shape index (κ1) is 11.4. The van der Waals surface area contributed by atoms with Crippen LogP contribution in [-0.2, 0) is 0 Å². The van der Waals surface area contributed by atoms with Gasteiger partial charge in [0.2, 0.25) is 17.2 Å². The van der Waals surface area contributed by atoms with E-state index in [9.17, 15) is 0 Å². The van der Waals surface area contributed by atoms with Gasteiger partial charge in [0.15, 0.2) is 0 Å². The second-order valence-electron chi connectivity index (χ2n) is 4.12. The largest absolute Gasteiger partial charge is 0.347 e. The van der Waals surface area contributed by atoms with Gasteiger partial charge in [-0.15, -0.1) is 0 Å². The molecule has 0 saturated heterocycles. The number of hydrogen-bond donors (Lipinski definition) is 0. The third-order valence-electron chi connectivity index (χ3n) is 2.57. The Morgan fingerprint density at radius 2 is 1.81 bits per heavy atom. The zero-order valence-electron chi connectivity index (χ0n) is 9.81. The van der Waals surface area contributed by atoms with Crippen LogP contribution in [0.5, 0.6) is 0 Å². The second-order valence-corrected chi connectivity index (χ2v) is 4.45. The van der Waals surface area contributed by atoms with E-state index in [0.29, 0.717) is 17.9 Å². The van der Waals surface area contributed by atoms with Crippen molar-refractivity contribution in [3.8, 4) is 0 Å². The van der Waals surface area contributed by atoms with Crippen LogP contribution in [0.2, 0.25) is 5.28 Å². The Balaban J connectivity index is 2.31. The number of aromatic nitrogens is 3. The molecular formula is C10H16ClN5. The first-order valence-electron chi connectivity index (χ1n) is 5.47. The summed E-state index contributed by atoms with van der Waals surface area (Å²) in [6, 6.07) is 0.582. The lowest BCUT2D eigenvalue weighted by Crippen LogP contribution is -2.28. The standard InChI is InChI=1S/C10H16ClN5/c1-4-16(7-5-6-7)10-13-8(11)12-9(14-10)15(2)3/h7H,4-6H2,1-3H3. The smallest absolute Gasteiger partial charge is 0.231 e. The zero-order valence-corrected chi connectivity index (χ0v) is 10.6. The fraction of sp³-hybridized carbons (Fsp3) is 0.700. The molecule has 1 fully saturated rings. The van der Waals surface area contributed by atoms with Gasteiger partial charge in [-0.05, 0) is 31.4 Å². The third kappa shape index (κ3) is 2.35. The van der Waals surface area contributed by atoms with Gasteiger partial charge in [0.05, 0.1) is 0 Å². The minimum Gasteiger partial charge on any atom is -0.347 e. The SMILES string of the molecule is CCN(c1nc(Cl)nc(N(C)C)n1)C1CC1. The van der Waals surface area contributed by atoms with Crippen molar-refractivity contribution in [2.75, 3.05) is 30.4 Å². The van der Waals surface area contributed by atoms with Crippen molar-refractivity contribution in [3.05, 3.63) is 5.28 Å². The summed E-state index contributed by atoms with van der Waals surface area (Å²) in [4.78, 5) is 16.7. The van der Waals surface area contributed by atoms with Crippen LogP contribution in [0.3, 0.4) is 0 Å². The van der Waals surface area contributed by atoms with E-state index in [1.54, 1.807) is 0 Å². The first-order valence-corrected chi connectivity index (χ1v) is 5.85. The van der Waals surface area contributed by atoms with Crippen LogP contribution in [0.25, 0.3) is 0 Å². The molecule has 2 rings (SSSR count). The lowest BCUT2D eigenvalue weighted by molar-refractivity contribution is 0.775. The average molecular weight is 242 g/mol. The van der Waals surface area contributed by atoms with Gasteiger partial charge in [-0.2, -0.15) is 15.0 Å². The molecule has 1 aliphatic rings. The molecule has 0 bridgehead atoms. The van der Waals surface area contributed by atoms with Crippen molar-refractivity contribution in [3.63, 3.8) is 0 Å². The first-order chi connectivity index (χ1) is 7.61. The fourth-order valence-corrected chi connectivity index (χ4v) is 1.76. The monoisotopic (exact) mass is 241 g/mol. The second kappa shape index (κ2) is 4.41. The van der Waals surface area contributed by atoms with E-state index in [1.165, 1.54) is 12.8 Å². The number of hydrogen-bond acceptors (Lipinski definition) is 5. The molecule has 1 aliphatic carbocycles. The van der Waals surface area contributed by atoms with Gasteiger partial charge in [0.1, 0.15) is 0 Å². The van der Waals surface area contributed by atoms with Crippen molar-refractivity contribution in [1.29, 1.82) is 0 Å². The summed E-state index contributed by atoms with van der Waals surface area (Å²) in [6.07, 6.45) is 2.43. The summed E-state index contributed by atoms with van der Waals surface area (Å²) in [5.41, 5.74) is 0. The van der Waals surface area contributed by atoms with Crippen LogP contribution in [0.4, 0.5) is 11.9 Å². The van der Waals surface area contributed by atoms with E-state index >= 15 is 0 Å². The molecule has 0 N–H and O–H groups in total. The molecular weight excluding hydrogens is 226 g/mol. The Morgan fingerprint density at radius 3 is 2.31 bits per heavy atom. The van der Waals surface area contributed by atoms with E-state index < -0.39 is 0 Å². The fourth-order valence-electron chi connectivity index (χ4n) is 1.61. The number of rotatable bonds is 4. The maximum absolute atomic E-state index is 5.90. The van der Waals surface area contributed by atoms with Crippen molar-refractivity contribution >= 4 is 23.5 Å². The highest BCUT2D eigenvalue weighted by atomic mass is 35.5. The molecule has 5 nitrogen and oxygen atoms in total. The lowest BCUT2D eigenvalue weighted by atomic mass is 10.5. The summed E-state index contributed by atoms with van der Waals surface area (Å²) in [5.74, 6) is 1.29. The third-order valence-corrected chi connectivity index (χ3v) is 2.74. The molecule has 1 heterocycles. The zero-order chi connectivity index (χ0) is 11.7. The van der Waals surface area contributed by atoms with E-state index in [1.807, 2.05) is 19.0 Å². The molecule has 1 aromatic heterocycles. The van der Waals surface area contributed by atoms with Gasteiger partial charge in [-0.1, -0.05) is 0 Å². The molecule has 1 saturated carbocycles. The highest BCUT2D eigenvalue weighted by Crippen LogP contribution is 2.30. The van der Waals surface area contributed by atoms with Gasteiger partial charge < -0.3 is 9.80 Å². The van der Waals surface area contributed by atoms with Crippen LogP contribution in [0.15, 0.2) is 0 Å². The molecule has 0 unspecified atom stereocenters. The van der Waals surface area contributed by atoms with Gasteiger partial charge in [0, 0.05) is 26.7 Å². The Hall–Kier alpha value is -1.10. The average Bonchev–Trinajstić information content (AvgIpc) is 3.02. The van der Waals surface area contributed by atoms with Crippen molar-refractivity contribution in [2.45, 2.75) is 25.8 Å². The topological polar surface area (TPSA) is 45.2 Å². The maximum Gasteiger partial charge on any atom is 0.231 e. The number of halogens is 1. The predicted molar refractivity (Wildman–Crippen MR) is 65.2 cm³/mol. The van der Waals surface area contributed by atoms with Crippen LogP contribution < -0.4 is 9.80 Å². The Kier molecular flexibility index (Phi) is 3.14. The van der Waals surface area contributed by atoms with Gasteiger partial charge in [-0.3, -0.25) is 0 Å². The highest BCUT2D eigenvalue weighted by Gasteiger charge is 2.30. The Bertz CT molecular complexity index is 377. The maximum atomic E-state index is 5.90. The molecule has 0 atom stereocenters. The molecule has 6 heteroatoms. The van der Waals surface area contributed by atoms with E-state index in [-0.39, 0.29) is 5.28 Å². The van der Waals surface area contributed by atoms with Crippen molar-refractivity contribution < 1.29 is 0 Å². The molecule has 0 aromatic carbocycles. The van der Waals surface area contributed by atoms with E-state index in [0.717, 1.165) is 6.54 Å². The molecule has 88 valence electrons. The number of anilines is 2. The van der Waals surface area contributed by atoms with Crippen LogP contribution in [-0.4, -0.2) is 41.6 Å². The molecule has 0 spiro atoms. The Morgan fingerprint density at radius 1 is 1.19 bits per heavy atom. The summed E-state index contributed by atoms with van der Waals surface area (Å²) in [6.45, 7) is 3.00. The highest BCUT2D eigenvalue weighted by molar-refractivity contribution is 6.28. The predicted octanol–water partition coefficient (Wildman–Crippen LogP) is 1.58. The molecule has 16 heavy (non-hydrogen) atoms. The van der Waals surface area contributed by atoms with E-state index in [2.05, 4.69) is 26.8 Å². The molecule has 0 aliphatic heterocycles. The van der Waals surface area contributed by atoms with Crippen molar-refractivity contribution in [1.82, 2.24) is 15.0 Å². The quantitative estimate of drug-likeness (QED) is 0.801. The normalized spacial score (nSPS) is 15.0. The molecule has 0 amide bonds. The summed E-state index contributed by atoms with van der Waals surface area (Å²) < 4.78 is 0. The van der Waals surface area contributed by atoms with Gasteiger partial charge >= 0.3 is 0 Å². The summed E-state index contributed by atoms with van der Waals surface area (Å²) >= 11 is 5.90. The van der Waals surface area contributed by atoms with Crippen LogP contribution in [0, 0.1) is 0 Å².